The molecule has 0 heterocycles. The van der Waals surface area contributed by atoms with Crippen LogP contribution in [0.15, 0.2) is 48.5 Å². The fourth-order valence-electron chi connectivity index (χ4n) is 1.95. The number of methoxy groups -OCH3 is 1. The standard InChI is InChI=1S/C18H18FNO3/c1-3-23-16-10-9-15(12-17(16)22-2)20-18(21)11-6-13-4-7-14(19)8-5-13/h4-12H,3H2,1-2H3,(H,20,21)/b11-6+. The fraction of sp³-hybridized carbons (Fsp3) is 0.167. The Kier molecular flexibility index (Phi) is 5.74. The topological polar surface area (TPSA) is 47.6 Å². The molecule has 0 radical (unpaired) electrons. The van der Waals surface area contributed by atoms with E-state index in [1.165, 1.54) is 25.3 Å². The molecular weight excluding hydrogens is 297 g/mol. The molecule has 0 aromatic heterocycles. The largest absolute Gasteiger partial charge is 0.493 e. The predicted octanol–water partition coefficient (Wildman–Crippen LogP) is 3.88. The molecule has 0 aliphatic carbocycles. The second-order valence-corrected chi connectivity index (χ2v) is 4.67. The number of anilines is 1. The molecule has 0 bridgehead atoms. The van der Waals surface area contributed by atoms with E-state index in [4.69, 9.17) is 9.47 Å². The Balaban J connectivity index is 2.03. The molecule has 2 aromatic carbocycles. The first-order valence-corrected chi connectivity index (χ1v) is 7.18. The van der Waals surface area contributed by atoms with Crippen molar-refractivity contribution in [1.29, 1.82) is 0 Å². The van der Waals surface area contributed by atoms with E-state index in [9.17, 15) is 9.18 Å². The van der Waals surface area contributed by atoms with E-state index in [1.807, 2.05) is 6.92 Å². The van der Waals surface area contributed by atoms with Gasteiger partial charge in [-0.3, -0.25) is 4.79 Å². The van der Waals surface area contributed by atoms with E-state index >= 15 is 0 Å². The number of hydrogen-bond acceptors (Lipinski definition) is 3. The first-order valence-electron chi connectivity index (χ1n) is 7.18. The van der Waals surface area contributed by atoms with Crippen LogP contribution < -0.4 is 14.8 Å². The highest BCUT2D eigenvalue weighted by atomic mass is 19.1. The number of carbonyl (C=O) groups excluding carboxylic acids is 1. The number of halogens is 1. The van der Waals surface area contributed by atoms with Crippen LogP contribution in [0.3, 0.4) is 0 Å². The zero-order chi connectivity index (χ0) is 16.7. The Morgan fingerprint density at radius 1 is 1.17 bits per heavy atom. The van der Waals surface area contributed by atoms with Crippen LogP contribution in [0.4, 0.5) is 10.1 Å². The van der Waals surface area contributed by atoms with Gasteiger partial charge in [-0.05, 0) is 42.8 Å². The summed E-state index contributed by atoms with van der Waals surface area (Å²) in [6, 6.07) is 11.0. The molecule has 4 nitrogen and oxygen atoms in total. The minimum atomic E-state index is -0.312. The Morgan fingerprint density at radius 2 is 1.91 bits per heavy atom. The fourth-order valence-corrected chi connectivity index (χ4v) is 1.95. The molecule has 0 aliphatic heterocycles. The van der Waals surface area contributed by atoms with Crippen molar-refractivity contribution in [1.82, 2.24) is 0 Å². The van der Waals surface area contributed by atoms with E-state index in [0.717, 1.165) is 5.56 Å². The number of carbonyl (C=O) groups is 1. The molecule has 2 aromatic rings. The molecule has 1 N–H and O–H groups in total. The van der Waals surface area contributed by atoms with Gasteiger partial charge in [0, 0.05) is 17.8 Å². The average molecular weight is 315 g/mol. The summed E-state index contributed by atoms with van der Waals surface area (Å²) in [7, 11) is 1.54. The van der Waals surface area contributed by atoms with Crippen molar-refractivity contribution < 1.29 is 18.7 Å². The monoisotopic (exact) mass is 315 g/mol. The van der Waals surface area contributed by atoms with Gasteiger partial charge in [-0.2, -0.15) is 0 Å². The second kappa shape index (κ2) is 7.98. The van der Waals surface area contributed by atoms with Crippen LogP contribution in [0.2, 0.25) is 0 Å². The second-order valence-electron chi connectivity index (χ2n) is 4.67. The quantitative estimate of drug-likeness (QED) is 0.823. The molecule has 120 valence electrons. The molecule has 0 spiro atoms. The summed E-state index contributed by atoms with van der Waals surface area (Å²) in [6.07, 6.45) is 3.00. The van der Waals surface area contributed by atoms with Gasteiger partial charge in [-0.15, -0.1) is 0 Å². The summed E-state index contributed by atoms with van der Waals surface area (Å²) in [5, 5.41) is 2.73. The smallest absolute Gasteiger partial charge is 0.248 e. The Hall–Kier alpha value is -2.82. The SMILES string of the molecule is CCOc1ccc(NC(=O)/C=C/c2ccc(F)cc2)cc1OC. The normalized spacial score (nSPS) is 10.6. The van der Waals surface area contributed by atoms with Crippen LogP contribution >= 0.6 is 0 Å². The lowest BCUT2D eigenvalue weighted by atomic mass is 10.2. The van der Waals surface area contributed by atoms with Gasteiger partial charge in [-0.25, -0.2) is 4.39 Å². The highest BCUT2D eigenvalue weighted by Gasteiger charge is 2.06. The summed E-state index contributed by atoms with van der Waals surface area (Å²) < 4.78 is 23.5. The van der Waals surface area contributed by atoms with Crippen LogP contribution in [-0.4, -0.2) is 19.6 Å². The first-order chi connectivity index (χ1) is 11.1. The predicted molar refractivity (Wildman–Crippen MR) is 88.2 cm³/mol. The van der Waals surface area contributed by atoms with Gasteiger partial charge in [0.15, 0.2) is 11.5 Å². The maximum Gasteiger partial charge on any atom is 0.248 e. The Bertz CT molecular complexity index is 696. The summed E-state index contributed by atoms with van der Waals surface area (Å²) in [5.41, 5.74) is 1.34. The van der Waals surface area contributed by atoms with E-state index in [1.54, 1.807) is 36.4 Å². The van der Waals surface area contributed by atoms with Gasteiger partial charge in [0.1, 0.15) is 5.82 Å². The van der Waals surface area contributed by atoms with Gasteiger partial charge in [0.05, 0.1) is 13.7 Å². The van der Waals surface area contributed by atoms with Crippen LogP contribution in [-0.2, 0) is 4.79 Å². The highest BCUT2D eigenvalue weighted by molar-refractivity contribution is 6.02. The molecule has 0 unspecified atom stereocenters. The molecule has 2 rings (SSSR count). The van der Waals surface area contributed by atoms with Gasteiger partial charge in [0.2, 0.25) is 5.91 Å². The molecule has 5 heteroatoms. The van der Waals surface area contributed by atoms with Crippen molar-refractivity contribution in [2.75, 3.05) is 19.0 Å². The summed E-state index contributed by atoms with van der Waals surface area (Å²) in [5.74, 6) is 0.565. The third-order valence-corrected chi connectivity index (χ3v) is 3.03. The van der Waals surface area contributed by atoms with Crippen molar-refractivity contribution >= 4 is 17.7 Å². The van der Waals surface area contributed by atoms with Crippen LogP contribution in [0, 0.1) is 5.82 Å². The van der Waals surface area contributed by atoms with Crippen molar-refractivity contribution in [2.45, 2.75) is 6.92 Å². The maximum absolute atomic E-state index is 12.8. The summed E-state index contributed by atoms with van der Waals surface area (Å²) in [6.45, 7) is 2.41. The number of hydrogen-bond donors (Lipinski definition) is 1. The van der Waals surface area contributed by atoms with Crippen molar-refractivity contribution in [2.24, 2.45) is 0 Å². The van der Waals surface area contributed by atoms with Crippen molar-refractivity contribution in [3.63, 3.8) is 0 Å². The third kappa shape index (κ3) is 4.85. The molecule has 0 aliphatic rings. The van der Waals surface area contributed by atoms with Crippen LogP contribution in [0.25, 0.3) is 6.08 Å². The summed E-state index contributed by atoms with van der Waals surface area (Å²) >= 11 is 0. The Morgan fingerprint density at radius 3 is 2.57 bits per heavy atom. The lowest BCUT2D eigenvalue weighted by Gasteiger charge is -2.11. The number of rotatable bonds is 6. The lowest BCUT2D eigenvalue weighted by Crippen LogP contribution is -2.08. The third-order valence-electron chi connectivity index (χ3n) is 3.03. The Labute approximate surface area is 134 Å². The molecule has 0 saturated carbocycles. The van der Waals surface area contributed by atoms with E-state index in [0.29, 0.717) is 23.8 Å². The van der Waals surface area contributed by atoms with Gasteiger partial charge in [-0.1, -0.05) is 12.1 Å². The molecule has 0 saturated heterocycles. The minimum Gasteiger partial charge on any atom is -0.493 e. The first kappa shape index (κ1) is 16.5. The van der Waals surface area contributed by atoms with Crippen LogP contribution in [0.5, 0.6) is 11.5 Å². The molecule has 0 fully saturated rings. The lowest BCUT2D eigenvalue weighted by molar-refractivity contribution is -0.111. The highest BCUT2D eigenvalue weighted by Crippen LogP contribution is 2.30. The number of nitrogens with one attached hydrogen (secondary N) is 1. The minimum absolute atomic E-state index is 0.291. The molecular formula is C18H18FNO3. The van der Waals surface area contributed by atoms with E-state index < -0.39 is 0 Å². The van der Waals surface area contributed by atoms with Gasteiger partial charge >= 0.3 is 0 Å². The number of benzene rings is 2. The zero-order valence-corrected chi connectivity index (χ0v) is 13.0. The van der Waals surface area contributed by atoms with Crippen LogP contribution in [0.1, 0.15) is 12.5 Å². The number of ether oxygens (including phenoxy) is 2. The molecule has 23 heavy (non-hydrogen) atoms. The van der Waals surface area contributed by atoms with Crippen molar-refractivity contribution in [3.05, 3.63) is 59.9 Å². The average Bonchev–Trinajstić information content (AvgIpc) is 2.56. The maximum atomic E-state index is 12.8. The molecule has 0 atom stereocenters. The number of amides is 1. The van der Waals surface area contributed by atoms with E-state index in [-0.39, 0.29) is 11.7 Å². The van der Waals surface area contributed by atoms with Gasteiger partial charge in [0.25, 0.3) is 0 Å². The van der Waals surface area contributed by atoms with Crippen molar-refractivity contribution in [3.8, 4) is 11.5 Å². The summed E-state index contributed by atoms with van der Waals surface area (Å²) in [4.78, 5) is 11.9. The molecule has 1 amide bonds. The zero-order valence-electron chi connectivity index (χ0n) is 13.0. The van der Waals surface area contributed by atoms with Gasteiger partial charge < -0.3 is 14.8 Å². The van der Waals surface area contributed by atoms with E-state index in [2.05, 4.69) is 5.32 Å².